The van der Waals surface area contributed by atoms with Gasteiger partial charge in [-0.2, -0.15) is 0 Å². The van der Waals surface area contributed by atoms with Gasteiger partial charge in [0.15, 0.2) is 5.78 Å². The fraction of sp³-hybridized carbons (Fsp3) is 0.214. The number of ketones is 1. The summed E-state index contributed by atoms with van der Waals surface area (Å²) in [6.45, 7) is 7.24. The lowest BCUT2D eigenvalue weighted by molar-refractivity contribution is -0.113. The van der Waals surface area contributed by atoms with Crippen LogP contribution in [0.5, 0.6) is 0 Å². The minimum Gasteiger partial charge on any atom is -0.359 e. The summed E-state index contributed by atoms with van der Waals surface area (Å²) in [7, 11) is 0. The first kappa shape index (κ1) is 13.7. The predicted octanol–water partition coefficient (Wildman–Crippen LogP) is 4.26. The van der Waals surface area contributed by atoms with Gasteiger partial charge in [-0.15, -0.1) is 0 Å². The van der Waals surface area contributed by atoms with Gasteiger partial charge >= 0.3 is 0 Å². The van der Waals surface area contributed by atoms with Crippen LogP contribution in [0.2, 0.25) is 0 Å². The Bertz CT molecular complexity index is 449. The summed E-state index contributed by atoms with van der Waals surface area (Å²) >= 11 is 3.29. The summed E-state index contributed by atoms with van der Waals surface area (Å²) in [5, 5.41) is 3.23. The van der Waals surface area contributed by atoms with Gasteiger partial charge in [-0.1, -0.05) is 40.7 Å². The number of benzene rings is 1. The van der Waals surface area contributed by atoms with Gasteiger partial charge in [0.1, 0.15) is 0 Å². The Labute approximate surface area is 111 Å². The van der Waals surface area contributed by atoms with Gasteiger partial charge in [0.25, 0.3) is 0 Å². The van der Waals surface area contributed by atoms with Crippen molar-refractivity contribution >= 4 is 27.4 Å². The SMILES string of the molecule is C=C(Br)C/C(C(C)=O)=C(/C)Nc1ccccc1. The Morgan fingerprint density at radius 3 is 2.35 bits per heavy atom. The number of nitrogens with one attached hydrogen (secondary N) is 1. The predicted molar refractivity (Wildman–Crippen MR) is 76.1 cm³/mol. The van der Waals surface area contributed by atoms with Gasteiger partial charge in [0, 0.05) is 23.4 Å². The van der Waals surface area contributed by atoms with Gasteiger partial charge in [-0.25, -0.2) is 0 Å². The molecule has 0 atom stereocenters. The molecule has 1 N–H and O–H groups in total. The number of hydrogen-bond acceptors (Lipinski definition) is 2. The van der Waals surface area contributed by atoms with Crippen LogP contribution in [0.3, 0.4) is 0 Å². The zero-order valence-electron chi connectivity index (χ0n) is 10.1. The summed E-state index contributed by atoms with van der Waals surface area (Å²) < 4.78 is 0.803. The van der Waals surface area contributed by atoms with E-state index in [0.29, 0.717) is 6.42 Å². The van der Waals surface area contributed by atoms with E-state index in [4.69, 9.17) is 0 Å². The van der Waals surface area contributed by atoms with Crippen molar-refractivity contribution in [3.63, 3.8) is 0 Å². The van der Waals surface area contributed by atoms with E-state index < -0.39 is 0 Å². The van der Waals surface area contributed by atoms with Crippen molar-refractivity contribution in [1.82, 2.24) is 0 Å². The normalized spacial score (nSPS) is 11.7. The highest BCUT2D eigenvalue weighted by atomic mass is 79.9. The highest BCUT2D eigenvalue weighted by Crippen LogP contribution is 2.20. The highest BCUT2D eigenvalue weighted by Gasteiger charge is 2.09. The van der Waals surface area contributed by atoms with Crippen molar-refractivity contribution in [2.45, 2.75) is 20.3 Å². The fourth-order valence-corrected chi connectivity index (χ4v) is 1.81. The molecular formula is C14H16BrNO. The molecule has 17 heavy (non-hydrogen) atoms. The lowest BCUT2D eigenvalue weighted by Crippen LogP contribution is -2.06. The van der Waals surface area contributed by atoms with Crippen LogP contribution in [0.4, 0.5) is 5.69 Å². The largest absolute Gasteiger partial charge is 0.359 e. The maximum atomic E-state index is 11.6. The molecule has 0 heterocycles. The Morgan fingerprint density at radius 2 is 1.88 bits per heavy atom. The molecule has 1 aromatic rings. The summed E-state index contributed by atoms with van der Waals surface area (Å²) in [5.41, 5.74) is 2.59. The standard InChI is InChI=1S/C14H16BrNO/c1-10(15)9-14(12(3)17)11(2)16-13-7-5-4-6-8-13/h4-8,16H,1,9H2,2-3H3/b14-11+. The summed E-state index contributed by atoms with van der Waals surface area (Å²) in [6.07, 6.45) is 0.543. The summed E-state index contributed by atoms with van der Waals surface area (Å²) in [6, 6.07) is 9.78. The van der Waals surface area contributed by atoms with Crippen molar-refractivity contribution in [3.8, 4) is 0 Å². The Balaban J connectivity index is 2.92. The van der Waals surface area contributed by atoms with Crippen molar-refractivity contribution in [2.24, 2.45) is 0 Å². The van der Waals surface area contributed by atoms with Crippen molar-refractivity contribution in [3.05, 3.63) is 52.7 Å². The number of carbonyl (C=O) groups is 1. The molecule has 0 saturated heterocycles. The van der Waals surface area contributed by atoms with E-state index in [2.05, 4.69) is 27.8 Å². The molecule has 0 saturated carbocycles. The zero-order chi connectivity index (χ0) is 12.8. The minimum atomic E-state index is 0.0616. The Hall–Kier alpha value is -1.35. The summed E-state index contributed by atoms with van der Waals surface area (Å²) in [5.74, 6) is 0.0616. The number of para-hydroxylation sites is 1. The van der Waals surface area contributed by atoms with Crippen molar-refractivity contribution < 1.29 is 4.79 Å². The topological polar surface area (TPSA) is 29.1 Å². The lowest BCUT2D eigenvalue weighted by atomic mass is 10.1. The van der Waals surface area contributed by atoms with E-state index in [0.717, 1.165) is 21.4 Å². The van der Waals surface area contributed by atoms with E-state index >= 15 is 0 Å². The molecular weight excluding hydrogens is 278 g/mol. The smallest absolute Gasteiger partial charge is 0.157 e. The monoisotopic (exact) mass is 293 g/mol. The third kappa shape index (κ3) is 4.57. The van der Waals surface area contributed by atoms with Crippen LogP contribution in [-0.4, -0.2) is 5.78 Å². The molecule has 1 aromatic carbocycles. The average Bonchev–Trinajstić information content (AvgIpc) is 2.26. The van der Waals surface area contributed by atoms with Crippen LogP contribution in [-0.2, 0) is 4.79 Å². The average molecular weight is 294 g/mol. The maximum absolute atomic E-state index is 11.6. The van der Waals surface area contributed by atoms with Crippen molar-refractivity contribution in [1.29, 1.82) is 0 Å². The molecule has 0 amide bonds. The second kappa shape index (κ2) is 6.40. The molecule has 3 heteroatoms. The van der Waals surface area contributed by atoms with E-state index in [-0.39, 0.29) is 5.78 Å². The molecule has 0 fully saturated rings. The van der Waals surface area contributed by atoms with Crippen LogP contribution in [0, 0.1) is 0 Å². The number of anilines is 1. The molecule has 0 aliphatic heterocycles. The number of rotatable bonds is 5. The molecule has 2 nitrogen and oxygen atoms in total. The molecule has 0 spiro atoms. The zero-order valence-corrected chi connectivity index (χ0v) is 11.7. The van der Waals surface area contributed by atoms with E-state index in [1.807, 2.05) is 37.3 Å². The number of carbonyl (C=O) groups excluding carboxylic acids is 1. The number of Topliss-reactive ketones (excluding diaryl/α,β-unsaturated/α-hetero) is 1. The van der Waals surface area contributed by atoms with Gasteiger partial charge in [0.05, 0.1) is 0 Å². The van der Waals surface area contributed by atoms with Gasteiger partial charge in [-0.05, 0) is 30.5 Å². The van der Waals surface area contributed by atoms with Gasteiger partial charge in [0.2, 0.25) is 0 Å². The molecule has 0 aromatic heterocycles. The molecule has 0 radical (unpaired) electrons. The summed E-state index contributed by atoms with van der Waals surface area (Å²) in [4.78, 5) is 11.6. The van der Waals surface area contributed by atoms with Crippen LogP contribution in [0.1, 0.15) is 20.3 Å². The van der Waals surface area contributed by atoms with E-state index in [1.165, 1.54) is 0 Å². The molecule has 1 rings (SSSR count). The molecule has 0 unspecified atom stereocenters. The second-order valence-electron chi connectivity index (χ2n) is 3.84. The quantitative estimate of drug-likeness (QED) is 0.822. The molecule has 0 aliphatic rings. The van der Waals surface area contributed by atoms with E-state index in [1.54, 1.807) is 6.92 Å². The number of hydrogen-bond donors (Lipinski definition) is 1. The first-order valence-electron chi connectivity index (χ1n) is 5.36. The first-order chi connectivity index (χ1) is 8.00. The third-order valence-corrected chi connectivity index (χ3v) is 2.63. The van der Waals surface area contributed by atoms with E-state index in [9.17, 15) is 4.79 Å². The molecule has 0 aliphatic carbocycles. The Kier molecular flexibility index (Phi) is 5.16. The van der Waals surface area contributed by atoms with Crippen LogP contribution in [0.25, 0.3) is 0 Å². The lowest BCUT2D eigenvalue weighted by Gasteiger charge is -2.11. The minimum absolute atomic E-state index is 0.0616. The maximum Gasteiger partial charge on any atom is 0.157 e. The highest BCUT2D eigenvalue weighted by molar-refractivity contribution is 9.11. The first-order valence-corrected chi connectivity index (χ1v) is 6.16. The van der Waals surface area contributed by atoms with Crippen molar-refractivity contribution in [2.75, 3.05) is 5.32 Å². The van der Waals surface area contributed by atoms with Crippen LogP contribution in [0.15, 0.2) is 52.7 Å². The third-order valence-electron chi connectivity index (χ3n) is 2.35. The van der Waals surface area contributed by atoms with Crippen LogP contribution < -0.4 is 5.32 Å². The fourth-order valence-electron chi connectivity index (χ4n) is 1.53. The van der Waals surface area contributed by atoms with Gasteiger partial charge < -0.3 is 5.32 Å². The number of allylic oxidation sites excluding steroid dienone is 3. The Morgan fingerprint density at radius 1 is 1.29 bits per heavy atom. The van der Waals surface area contributed by atoms with Gasteiger partial charge in [-0.3, -0.25) is 4.79 Å². The molecule has 0 bridgehead atoms. The van der Waals surface area contributed by atoms with Crippen LogP contribution >= 0.6 is 15.9 Å². The second-order valence-corrected chi connectivity index (χ2v) is 4.97. The number of halogens is 1. The molecule has 90 valence electrons.